The van der Waals surface area contributed by atoms with E-state index < -0.39 is 12.1 Å². The summed E-state index contributed by atoms with van der Waals surface area (Å²) in [6, 6.07) is -0.625. The maximum atomic E-state index is 12.5. The molecule has 2 unspecified atom stereocenters. The molecule has 0 bridgehead atoms. The van der Waals surface area contributed by atoms with Crippen molar-refractivity contribution in [1.82, 2.24) is 5.32 Å². The van der Waals surface area contributed by atoms with E-state index in [1.807, 2.05) is 6.08 Å². The summed E-state index contributed by atoms with van der Waals surface area (Å²) < 4.78 is 5.48. The van der Waals surface area contributed by atoms with Gasteiger partial charge in [0.25, 0.3) is 0 Å². The van der Waals surface area contributed by atoms with Crippen LogP contribution in [0.3, 0.4) is 0 Å². The van der Waals surface area contributed by atoms with E-state index in [9.17, 15) is 19.8 Å². The van der Waals surface area contributed by atoms with Crippen molar-refractivity contribution in [2.75, 3.05) is 13.2 Å². The first-order valence-electron chi connectivity index (χ1n) is 34.4. The third-order valence-corrected chi connectivity index (χ3v) is 15.8. The molecule has 3 N–H and O–H groups in total. The maximum absolute atomic E-state index is 12.5. The maximum Gasteiger partial charge on any atom is 0.305 e. The van der Waals surface area contributed by atoms with Crippen molar-refractivity contribution in [2.24, 2.45) is 0 Å². The molecule has 0 saturated heterocycles. The Morgan fingerprint density at radius 2 is 0.649 bits per heavy atom. The Hall–Kier alpha value is -2.18. The van der Waals surface area contributed by atoms with Crippen LogP contribution in [0, 0.1) is 0 Å². The van der Waals surface area contributed by atoms with Gasteiger partial charge >= 0.3 is 5.97 Å². The smallest absolute Gasteiger partial charge is 0.305 e. The third-order valence-electron chi connectivity index (χ3n) is 15.8. The van der Waals surface area contributed by atoms with Gasteiger partial charge in [0.2, 0.25) is 5.91 Å². The van der Waals surface area contributed by atoms with E-state index in [0.29, 0.717) is 19.4 Å². The number of allylic oxidation sites excluding steroid dienone is 7. The van der Waals surface area contributed by atoms with Crippen molar-refractivity contribution in [3.8, 4) is 0 Å². The number of ether oxygens (including phenoxy) is 1. The van der Waals surface area contributed by atoms with E-state index in [1.54, 1.807) is 6.08 Å². The highest BCUT2D eigenvalue weighted by atomic mass is 16.5. The predicted octanol–water partition coefficient (Wildman–Crippen LogP) is 22.1. The second-order valence-electron chi connectivity index (χ2n) is 23.5. The Bertz CT molecular complexity index is 1290. The number of nitrogens with one attached hydrogen (secondary N) is 1. The van der Waals surface area contributed by atoms with E-state index >= 15 is 0 Å². The second-order valence-corrected chi connectivity index (χ2v) is 23.5. The first kappa shape index (κ1) is 74.8. The van der Waals surface area contributed by atoms with Crippen LogP contribution in [-0.4, -0.2) is 47.4 Å². The van der Waals surface area contributed by atoms with Crippen LogP contribution in [0.25, 0.3) is 0 Å². The molecule has 0 aliphatic rings. The van der Waals surface area contributed by atoms with Crippen molar-refractivity contribution >= 4 is 11.9 Å². The van der Waals surface area contributed by atoms with Crippen LogP contribution in [0.4, 0.5) is 0 Å². The molecule has 0 aliphatic carbocycles. The summed E-state index contributed by atoms with van der Waals surface area (Å²) >= 11 is 0. The van der Waals surface area contributed by atoms with Gasteiger partial charge in [-0.3, -0.25) is 9.59 Å². The van der Waals surface area contributed by atoms with Crippen LogP contribution in [0.1, 0.15) is 367 Å². The van der Waals surface area contributed by atoms with Crippen molar-refractivity contribution in [3.05, 3.63) is 48.6 Å². The SMILES string of the molecule is CCCCC/C=C\C/C=C\CCCCCCCC(=O)OCCCCCCCCCCCCCC/C=C\CCCCCCCCCCCCCCCCCCC(=O)NC(CO)C(O)/C=C/CCCCCCCCCCCCC. The minimum atomic E-state index is -0.842. The number of esters is 1. The van der Waals surface area contributed by atoms with Gasteiger partial charge in [-0.05, 0) is 89.9 Å². The van der Waals surface area contributed by atoms with Gasteiger partial charge in [0, 0.05) is 12.8 Å². The minimum Gasteiger partial charge on any atom is -0.466 e. The Kier molecular flexibility index (Phi) is 64.5. The topological polar surface area (TPSA) is 95.9 Å². The van der Waals surface area contributed by atoms with Crippen LogP contribution >= 0.6 is 0 Å². The highest BCUT2D eigenvalue weighted by molar-refractivity contribution is 5.76. The van der Waals surface area contributed by atoms with Gasteiger partial charge in [-0.25, -0.2) is 0 Å². The number of aliphatic hydroxyl groups is 2. The van der Waals surface area contributed by atoms with Crippen LogP contribution in [0.5, 0.6) is 0 Å². The van der Waals surface area contributed by atoms with Gasteiger partial charge in [0.1, 0.15) is 0 Å². The first-order chi connectivity index (χ1) is 38.0. The molecule has 6 heteroatoms. The molecule has 1 amide bonds. The Labute approximate surface area is 480 Å². The number of rotatable bonds is 64. The van der Waals surface area contributed by atoms with Crippen molar-refractivity contribution in [3.63, 3.8) is 0 Å². The summed E-state index contributed by atoms with van der Waals surface area (Å²) in [5.41, 5.74) is 0. The number of amides is 1. The van der Waals surface area contributed by atoms with Gasteiger partial charge < -0.3 is 20.3 Å². The van der Waals surface area contributed by atoms with Gasteiger partial charge in [-0.15, -0.1) is 0 Å². The normalized spacial score (nSPS) is 12.8. The summed E-state index contributed by atoms with van der Waals surface area (Å²) in [5, 5.41) is 23.1. The molecule has 452 valence electrons. The number of hydrogen-bond donors (Lipinski definition) is 3. The Morgan fingerprint density at radius 1 is 0.364 bits per heavy atom. The first-order valence-corrected chi connectivity index (χ1v) is 34.4. The largest absolute Gasteiger partial charge is 0.466 e. The molecule has 0 fully saturated rings. The fourth-order valence-corrected chi connectivity index (χ4v) is 10.5. The monoisotopic (exact) mass is 1080 g/mol. The van der Waals surface area contributed by atoms with E-state index in [-0.39, 0.29) is 18.5 Å². The zero-order valence-electron chi connectivity index (χ0n) is 51.7. The number of hydrogen-bond acceptors (Lipinski definition) is 5. The van der Waals surface area contributed by atoms with E-state index in [2.05, 4.69) is 55.6 Å². The molecule has 0 radical (unpaired) electrons. The second kappa shape index (κ2) is 66.3. The molecule has 0 aromatic rings. The van der Waals surface area contributed by atoms with E-state index in [4.69, 9.17) is 4.74 Å². The van der Waals surface area contributed by atoms with Crippen molar-refractivity contribution in [2.45, 2.75) is 379 Å². The van der Waals surface area contributed by atoms with Crippen molar-refractivity contribution < 1.29 is 24.5 Å². The fraction of sp³-hybridized carbons (Fsp3) is 0.859. The highest BCUT2D eigenvalue weighted by Crippen LogP contribution is 2.18. The molecule has 0 aromatic carbocycles. The van der Waals surface area contributed by atoms with Crippen LogP contribution in [0.2, 0.25) is 0 Å². The quantitative estimate of drug-likeness (QED) is 0.0320. The molecular formula is C71H133NO5. The standard InChI is InChI=1S/C71H133NO5/c1-3-5-7-9-11-13-15-17-36-41-45-49-53-57-61-65-71(76)77-66-62-58-54-50-46-42-38-35-33-31-29-27-25-23-21-19-18-20-22-24-26-28-30-32-34-37-40-44-48-52-56-60-64-70(75)72-68(67-73)69(74)63-59-55-51-47-43-39-16-14-12-10-8-6-4-2/h11,13,17,21,23,36,59,63,68-69,73-74H,3-10,12,14-16,18-20,22,24-35,37-58,60-62,64-67H2,1-2H3,(H,72,75)/b13-11-,23-21-,36-17-,63-59+. The van der Waals surface area contributed by atoms with Crippen LogP contribution in [-0.2, 0) is 14.3 Å². The zero-order chi connectivity index (χ0) is 55.7. The number of unbranched alkanes of at least 4 members (excludes halogenated alkanes) is 47. The minimum absolute atomic E-state index is 0.00379. The van der Waals surface area contributed by atoms with Gasteiger partial charge in [0.05, 0.1) is 25.4 Å². The molecule has 0 heterocycles. The number of aliphatic hydroxyl groups excluding tert-OH is 2. The lowest BCUT2D eigenvalue weighted by Gasteiger charge is -2.20. The number of carbonyl (C=O) groups excluding carboxylic acids is 2. The van der Waals surface area contributed by atoms with Crippen LogP contribution in [0.15, 0.2) is 48.6 Å². The summed E-state index contributed by atoms with van der Waals surface area (Å²) in [4.78, 5) is 24.5. The van der Waals surface area contributed by atoms with E-state index in [0.717, 1.165) is 51.4 Å². The molecule has 0 aromatic heterocycles. The number of carbonyl (C=O) groups is 2. The Balaban J connectivity index is 3.36. The third kappa shape index (κ3) is 62.9. The predicted molar refractivity (Wildman–Crippen MR) is 338 cm³/mol. The molecule has 0 aliphatic heterocycles. The molecule has 0 saturated carbocycles. The van der Waals surface area contributed by atoms with Gasteiger partial charge in [-0.1, -0.05) is 313 Å². The average molecular weight is 1080 g/mol. The molecule has 2 atom stereocenters. The summed E-state index contributed by atoms with van der Waals surface area (Å²) in [5.74, 6) is -0.0609. The summed E-state index contributed by atoms with van der Waals surface area (Å²) in [6.45, 7) is 4.88. The van der Waals surface area contributed by atoms with E-state index in [1.165, 1.54) is 289 Å². The van der Waals surface area contributed by atoms with Crippen molar-refractivity contribution in [1.29, 1.82) is 0 Å². The van der Waals surface area contributed by atoms with Crippen LogP contribution < -0.4 is 5.32 Å². The molecule has 0 rings (SSSR count). The molecular weight excluding hydrogens is 947 g/mol. The fourth-order valence-electron chi connectivity index (χ4n) is 10.5. The summed E-state index contributed by atoms with van der Waals surface area (Å²) in [7, 11) is 0. The molecule has 6 nitrogen and oxygen atoms in total. The van der Waals surface area contributed by atoms with Gasteiger partial charge in [0.15, 0.2) is 0 Å². The Morgan fingerprint density at radius 3 is 1.03 bits per heavy atom. The average Bonchev–Trinajstić information content (AvgIpc) is 3.43. The zero-order valence-corrected chi connectivity index (χ0v) is 51.7. The lowest BCUT2D eigenvalue weighted by Crippen LogP contribution is -2.45. The van der Waals surface area contributed by atoms with Gasteiger partial charge in [-0.2, -0.15) is 0 Å². The highest BCUT2D eigenvalue weighted by Gasteiger charge is 2.18. The lowest BCUT2D eigenvalue weighted by molar-refractivity contribution is -0.143. The lowest BCUT2D eigenvalue weighted by atomic mass is 10.0. The summed E-state index contributed by atoms with van der Waals surface area (Å²) in [6.07, 6.45) is 86.2. The molecule has 0 spiro atoms. The molecule has 77 heavy (non-hydrogen) atoms.